The second-order valence-corrected chi connectivity index (χ2v) is 5.28. The van der Waals surface area contributed by atoms with Gasteiger partial charge in [-0.3, -0.25) is 0 Å². The number of nitrogens with one attached hydrogen (secondary N) is 1. The lowest BCUT2D eigenvalue weighted by molar-refractivity contribution is 0.446. The molecule has 0 saturated carbocycles. The van der Waals surface area contributed by atoms with Crippen molar-refractivity contribution in [2.75, 3.05) is 0 Å². The number of rotatable bonds is 4. The average molecular weight is 262 g/mol. The molecule has 2 nitrogen and oxygen atoms in total. The Morgan fingerprint density at radius 3 is 2.65 bits per heavy atom. The minimum absolute atomic E-state index is 0.109. The lowest BCUT2D eigenvalue weighted by atomic mass is 10.0. The molecule has 0 bridgehead atoms. The Hall–Kier alpha value is -2.11. The molecule has 0 fully saturated rings. The summed E-state index contributed by atoms with van der Waals surface area (Å²) in [6.45, 7) is 0. The summed E-state index contributed by atoms with van der Waals surface area (Å²) < 4.78 is 0. The highest BCUT2D eigenvalue weighted by atomic mass is 15.0. The van der Waals surface area contributed by atoms with Crippen molar-refractivity contribution < 1.29 is 0 Å². The lowest BCUT2D eigenvalue weighted by Crippen LogP contribution is -2.25. The van der Waals surface area contributed by atoms with Gasteiger partial charge in [-0.2, -0.15) is 5.26 Å². The van der Waals surface area contributed by atoms with E-state index in [1.54, 1.807) is 0 Å². The Bertz CT molecular complexity index is 613. The Kier molecular flexibility index (Phi) is 3.80. The summed E-state index contributed by atoms with van der Waals surface area (Å²) in [6.07, 6.45) is 2.75. The molecule has 0 amide bonds. The molecule has 0 saturated heterocycles. The maximum atomic E-state index is 9.08. The molecular formula is C18H18N2. The first kappa shape index (κ1) is 12.9. The van der Waals surface area contributed by atoms with E-state index in [4.69, 9.17) is 5.26 Å². The zero-order valence-corrected chi connectivity index (χ0v) is 11.4. The van der Waals surface area contributed by atoms with Gasteiger partial charge in [0.05, 0.1) is 12.5 Å². The van der Waals surface area contributed by atoms with Crippen LogP contribution in [-0.4, -0.2) is 0 Å². The molecule has 2 heteroatoms. The first-order valence-corrected chi connectivity index (χ1v) is 7.14. The molecule has 1 N–H and O–H groups in total. The molecular weight excluding hydrogens is 244 g/mol. The van der Waals surface area contributed by atoms with Crippen molar-refractivity contribution in [3.63, 3.8) is 0 Å². The summed E-state index contributed by atoms with van der Waals surface area (Å²) in [5.74, 6) is 0. The quantitative estimate of drug-likeness (QED) is 0.906. The smallest absolute Gasteiger partial charge is 0.0641 e. The molecule has 0 radical (unpaired) electrons. The minimum Gasteiger partial charge on any atom is -0.302 e. The van der Waals surface area contributed by atoms with E-state index < -0.39 is 0 Å². The van der Waals surface area contributed by atoms with Crippen LogP contribution in [0.25, 0.3) is 0 Å². The first-order chi connectivity index (χ1) is 9.88. The number of hydrogen-bond acceptors (Lipinski definition) is 2. The molecule has 0 aromatic heterocycles. The summed E-state index contributed by atoms with van der Waals surface area (Å²) in [5, 5.41) is 12.7. The molecule has 2 atom stereocenters. The fourth-order valence-electron chi connectivity index (χ4n) is 3.02. The summed E-state index contributed by atoms with van der Waals surface area (Å²) in [6, 6.07) is 21.6. The third-order valence-corrected chi connectivity index (χ3v) is 4.03. The van der Waals surface area contributed by atoms with Crippen LogP contribution in [0.2, 0.25) is 0 Å². The molecule has 1 aliphatic rings. The van der Waals surface area contributed by atoms with Gasteiger partial charge in [-0.1, -0.05) is 54.6 Å². The van der Waals surface area contributed by atoms with Crippen LogP contribution in [0.1, 0.15) is 41.6 Å². The maximum absolute atomic E-state index is 9.08. The minimum atomic E-state index is 0.109. The number of fused-ring (bicyclic) bond motifs is 1. The highest BCUT2D eigenvalue weighted by Gasteiger charge is 2.24. The van der Waals surface area contributed by atoms with Crippen LogP contribution < -0.4 is 5.32 Å². The van der Waals surface area contributed by atoms with Gasteiger partial charge >= 0.3 is 0 Å². The largest absolute Gasteiger partial charge is 0.302 e. The molecule has 0 spiro atoms. The van der Waals surface area contributed by atoms with Crippen molar-refractivity contribution >= 4 is 0 Å². The summed E-state index contributed by atoms with van der Waals surface area (Å²) in [4.78, 5) is 0. The van der Waals surface area contributed by atoms with Crippen LogP contribution >= 0.6 is 0 Å². The number of benzene rings is 2. The van der Waals surface area contributed by atoms with Gasteiger partial charge in [-0.05, 0) is 29.5 Å². The van der Waals surface area contributed by atoms with Crippen molar-refractivity contribution in [1.29, 1.82) is 5.26 Å². The first-order valence-electron chi connectivity index (χ1n) is 7.14. The highest BCUT2D eigenvalue weighted by Crippen LogP contribution is 2.33. The highest BCUT2D eigenvalue weighted by molar-refractivity contribution is 5.35. The van der Waals surface area contributed by atoms with Crippen LogP contribution in [0.15, 0.2) is 54.6 Å². The standard InChI is InChI=1S/C18H18N2/c19-13-12-17(15-7-2-1-3-8-15)20-18-11-10-14-6-4-5-9-16(14)18/h1-9,17-18,20H,10-12H2. The zero-order valence-electron chi connectivity index (χ0n) is 11.4. The number of hydrogen-bond donors (Lipinski definition) is 1. The van der Waals surface area contributed by atoms with Crippen LogP contribution in [0.4, 0.5) is 0 Å². The zero-order chi connectivity index (χ0) is 13.8. The van der Waals surface area contributed by atoms with Gasteiger partial charge in [-0.25, -0.2) is 0 Å². The van der Waals surface area contributed by atoms with Crippen LogP contribution in [0, 0.1) is 11.3 Å². The Morgan fingerprint density at radius 1 is 1.10 bits per heavy atom. The molecule has 2 aromatic rings. The van der Waals surface area contributed by atoms with Crippen molar-refractivity contribution in [2.24, 2.45) is 0 Å². The molecule has 0 heterocycles. The van der Waals surface area contributed by atoms with Gasteiger partial charge in [0.2, 0.25) is 0 Å². The van der Waals surface area contributed by atoms with E-state index in [0.717, 1.165) is 12.8 Å². The van der Waals surface area contributed by atoms with Gasteiger partial charge in [0.1, 0.15) is 0 Å². The second kappa shape index (κ2) is 5.90. The summed E-state index contributed by atoms with van der Waals surface area (Å²) in [5.41, 5.74) is 4.03. The van der Waals surface area contributed by atoms with Gasteiger partial charge in [0.15, 0.2) is 0 Å². The van der Waals surface area contributed by atoms with E-state index in [9.17, 15) is 0 Å². The van der Waals surface area contributed by atoms with Crippen molar-refractivity contribution in [3.8, 4) is 6.07 Å². The topological polar surface area (TPSA) is 35.8 Å². The number of aryl methyl sites for hydroxylation is 1. The third-order valence-electron chi connectivity index (χ3n) is 4.03. The van der Waals surface area contributed by atoms with Crippen LogP contribution in [-0.2, 0) is 6.42 Å². The van der Waals surface area contributed by atoms with E-state index >= 15 is 0 Å². The van der Waals surface area contributed by atoms with Gasteiger partial charge in [0.25, 0.3) is 0 Å². The molecule has 0 aliphatic heterocycles. The molecule has 1 aliphatic carbocycles. The SMILES string of the molecule is N#CCC(NC1CCc2ccccc21)c1ccccc1. The lowest BCUT2D eigenvalue weighted by Gasteiger charge is -2.22. The monoisotopic (exact) mass is 262 g/mol. The fourth-order valence-corrected chi connectivity index (χ4v) is 3.02. The van der Waals surface area contributed by atoms with Gasteiger partial charge < -0.3 is 5.32 Å². The summed E-state index contributed by atoms with van der Waals surface area (Å²) >= 11 is 0. The van der Waals surface area contributed by atoms with E-state index in [2.05, 4.69) is 47.8 Å². The normalized spacial score (nSPS) is 18.2. The summed E-state index contributed by atoms with van der Waals surface area (Å²) in [7, 11) is 0. The van der Waals surface area contributed by atoms with Gasteiger partial charge in [0, 0.05) is 12.1 Å². The average Bonchev–Trinajstić information content (AvgIpc) is 2.91. The Balaban J connectivity index is 1.80. The Morgan fingerprint density at radius 2 is 1.85 bits per heavy atom. The van der Waals surface area contributed by atoms with Crippen molar-refractivity contribution in [2.45, 2.75) is 31.3 Å². The van der Waals surface area contributed by atoms with E-state index in [0.29, 0.717) is 12.5 Å². The number of nitrogens with zero attached hydrogens (tertiary/aromatic N) is 1. The third kappa shape index (κ3) is 2.59. The van der Waals surface area contributed by atoms with Crippen molar-refractivity contribution in [1.82, 2.24) is 5.32 Å². The van der Waals surface area contributed by atoms with Crippen LogP contribution in [0.5, 0.6) is 0 Å². The predicted octanol–water partition coefficient (Wildman–Crippen LogP) is 3.92. The van der Waals surface area contributed by atoms with Gasteiger partial charge in [-0.15, -0.1) is 0 Å². The molecule has 2 aromatic carbocycles. The molecule has 100 valence electrons. The fraction of sp³-hybridized carbons (Fsp3) is 0.278. The predicted molar refractivity (Wildman–Crippen MR) is 80.1 cm³/mol. The Labute approximate surface area is 120 Å². The second-order valence-electron chi connectivity index (χ2n) is 5.28. The van der Waals surface area contributed by atoms with E-state index in [1.807, 2.05) is 18.2 Å². The molecule has 20 heavy (non-hydrogen) atoms. The van der Waals surface area contributed by atoms with Crippen LogP contribution in [0.3, 0.4) is 0 Å². The van der Waals surface area contributed by atoms with E-state index in [-0.39, 0.29) is 6.04 Å². The van der Waals surface area contributed by atoms with Crippen molar-refractivity contribution in [3.05, 3.63) is 71.3 Å². The maximum Gasteiger partial charge on any atom is 0.0641 e. The number of nitriles is 1. The molecule has 3 rings (SSSR count). The van der Waals surface area contributed by atoms with E-state index in [1.165, 1.54) is 16.7 Å². The molecule has 2 unspecified atom stereocenters.